The first-order chi connectivity index (χ1) is 8.07. The van der Waals surface area contributed by atoms with E-state index in [9.17, 15) is 0 Å². The van der Waals surface area contributed by atoms with Crippen LogP contribution in [0.1, 0.15) is 25.0 Å². The fourth-order valence-corrected chi connectivity index (χ4v) is 2.38. The van der Waals surface area contributed by atoms with Crippen molar-refractivity contribution < 1.29 is 4.74 Å². The Hall–Kier alpha value is -1.76. The van der Waals surface area contributed by atoms with Gasteiger partial charge in [0.25, 0.3) is 0 Å². The Labute approximate surface area is 102 Å². The lowest BCUT2D eigenvalue weighted by Crippen LogP contribution is -2.27. The molecule has 1 aliphatic rings. The van der Waals surface area contributed by atoms with Crippen molar-refractivity contribution in [1.82, 2.24) is 0 Å². The minimum Gasteiger partial charge on any atom is -0.483 e. The SMILES string of the molecule is Cc1cc2c(c3ccccc13)OC(C)(C)C=C2. The predicted octanol–water partition coefficient (Wildman–Crippen LogP) is 4.33. The number of benzene rings is 2. The summed E-state index contributed by atoms with van der Waals surface area (Å²) in [5, 5.41) is 2.48. The van der Waals surface area contributed by atoms with Gasteiger partial charge in [-0.2, -0.15) is 0 Å². The Morgan fingerprint density at radius 3 is 2.53 bits per heavy atom. The van der Waals surface area contributed by atoms with Gasteiger partial charge in [-0.25, -0.2) is 0 Å². The van der Waals surface area contributed by atoms with Gasteiger partial charge in [0.05, 0.1) is 0 Å². The molecule has 0 radical (unpaired) electrons. The molecule has 0 unspecified atom stereocenters. The van der Waals surface area contributed by atoms with Gasteiger partial charge in [0.2, 0.25) is 0 Å². The molecule has 1 heteroatoms. The minimum atomic E-state index is -0.217. The molecule has 0 aromatic heterocycles. The predicted molar refractivity (Wildman–Crippen MR) is 72.4 cm³/mol. The van der Waals surface area contributed by atoms with Crippen molar-refractivity contribution in [2.75, 3.05) is 0 Å². The molecular weight excluding hydrogens is 208 g/mol. The second kappa shape index (κ2) is 3.36. The van der Waals surface area contributed by atoms with Gasteiger partial charge in [0.15, 0.2) is 0 Å². The van der Waals surface area contributed by atoms with E-state index in [1.807, 2.05) is 0 Å². The summed E-state index contributed by atoms with van der Waals surface area (Å²) in [6.45, 7) is 6.32. The summed E-state index contributed by atoms with van der Waals surface area (Å²) < 4.78 is 6.10. The third kappa shape index (κ3) is 1.62. The standard InChI is InChI=1S/C16H16O/c1-11-10-12-8-9-16(2,3)17-15(12)14-7-5-4-6-13(11)14/h4-10H,1-3H3. The zero-order valence-electron chi connectivity index (χ0n) is 10.4. The third-order valence-electron chi connectivity index (χ3n) is 3.26. The van der Waals surface area contributed by atoms with Gasteiger partial charge in [-0.15, -0.1) is 0 Å². The number of hydrogen-bond donors (Lipinski definition) is 0. The summed E-state index contributed by atoms with van der Waals surface area (Å²) in [7, 11) is 0. The highest BCUT2D eigenvalue weighted by atomic mass is 16.5. The fraction of sp³-hybridized carbons (Fsp3) is 0.250. The van der Waals surface area contributed by atoms with Crippen LogP contribution in [0.2, 0.25) is 0 Å². The second-order valence-electron chi connectivity index (χ2n) is 5.20. The molecule has 0 N–H and O–H groups in total. The van der Waals surface area contributed by atoms with Crippen LogP contribution in [0.4, 0.5) is 0 Å². The lowest BCUT2D eigenvalue weighted by molar-refractivity contribution is 0.161. The van der Waals surface area contributed by atoms with Gasteiger partial charge in [0.1, 0.15) is 11.4 Å². The zero-order chi connectivity index (χ0) is 12.0. The molecule has 0 saturated carbocycles. The number of aryl methyl sites for hydroxylation is 1. The highest BCUT2D eigenvalue weighted by molar-refractivity contribution is 5.94. The molecule has 0 aliphatic carbocycles. The van der Waals surface area contributed by atoms with Crippen LogP contribution in [0.5, 0.6) is 5.75 Å². The molecule has 3 rings (SSSR count). The topological polar surface area (TPSA) is 9.23 Å². The Balaban J connectivity index is 2.36. The molecule has 0 atom stereocenters. The molecule has 0 spiro atoms. The van der Waals surface area contributed by atoms with E-state index in [-0.39, 0.29) is 5.60 Å². The molecule has 0 saturated heterocycles. The van der Waals surface area contributed by atoms with Gasteiger partial charge < -0.3 is 4.74 Å². The van der Waals surface area contributed by atoms with E-state index in [0.717, 1.165) is 5.75 Å². The van der Waals surface area contributed by atoms with Crippen LogP contribution in [0.25, 0.3) is 16.8 Å². The van der Waals surface area contributed by atoms with E-state index < -0.39 is 0 Å². The van der Waals surface area contributed by atoms with E-state index in [4.69, 9.17) is 4.74 Å². The summed E-state index contributed by atoms with van der Waals surface area (Å²) >= 11 is 0. The minimum absolute atomic E-state index is 0.217. The normalized spacial score (nSPS) is 16.6. The first-order valence-corrected chi connectivity index (χ1v) is 5.97. The molecule has 2 aromatic rings. The summed E-state index contributed by atoms with van der Waals surface area (Å²) in [5.74, 6) is 1.01. The number of fused-ring (bicyclic) bond motifs is 3. The zero-order valence-corrected chi connectivity index (χ0v) is 10.4. The molecule has 2 aromatic carbocycles. The highest BCUT2D eigenvalue weighted by Crippen LogP contribution is 2.38. The van der Waals surface area contributed by atoms with E-state index in [1.165, 1.54) is 21.9 Å². The van der Waals surface area contributed by atoms with Crippen LogP contribution in [-0.2, 0) is 0 Å². The van der Waals surface area contributed by atoms with E-state index in [2.05, 4.69) is 63.3 Å². The first-order valence-electron chi connectivity index (χ1n) is 5.97. The maximum atomic E-state index is 6.10. The monoisotopic (exact) mass is 224 g/mol. The Morgan fingerprint density at radius 2 is 1.76 bits per heavy atom. The van der Waals surface area contributed by atoms with Crippen LogP contribution in [-0.4, -0.2) is 5.60 Å². The van der Waals surface area contributed by atoms with Crippen molar-refractivity contribution in [2.24, 2.45) is 0 Å². The molecule has 17 heavy (non-hydrogen) atoms. The first kappa shape index (κ1) is 10.4. The van der Waals surface area contributed by atoms with Crippen molar-refractivity contribution in [3.05, 3.63) is 47.5 Å². The van der Waals surface area contributed by atoms with E-state index in [0.29, 0.717) is 0 Å². The Kier molecular flexibility index (Phi) is 2.06. The van der Waals surface area contributed by atoms with Crippen molar-refractivity contribution in [3.63, 3.8) is 0 Å². The molecule has 1 nitrogen and oxygen atoms in total. The van der Waals surface area contributed by atoms with Crippen LogP contribution in [0.3, 0.4) is 0 Å². The molecule has 86 valence electrons. The number of rotatable bonds is 0. The largest absolute Gasteiger partial charge is 0.483 e. The summed E-state index contributed by atoms with van der Waals surface area (Å²) in [6.07, 6.45) is 4.28. The average molecular weight is 224 g/mol. The lowest BCUT2D eigenvalue weighted by atomic mass is 9.96. The molecule has 0 bridgehead atoms. The lowest BCUT2D eigenvalue weighted by Gasteiger charge is -2.29. The molecule has 1 aliphatic heterocycles. The van der Waals surface area contributed by atoms with Gasteiger partial charge >= 0.3 is 0 Å². The van der Waals surface area contributed by atoms with Crippen molar-refractivity contribution in [2.45, 2.75) is 26.4 Å². The van der Waals surface area contributed by atoms with Crippen molar-refractivity contribution >= 4 is 16.8 Å². The summed E-state index contributed by atoms with van der Waals surface area (Å²) in [4.78, 5) is 0. The van der Waals surface area contributed by atoms with Gasteiger partial charge in [-0.3, -0.25) is 0 Å². The van der Waals surface area contributed by atoms with Crippen LogP contribution < -0.4 is 4.74 Å². The molecular formula is C16H16O. The van der Waals surface area contributed by atoms with Crippen LogP contribution in [0.15, 0.2) is 36.4 Å². The molecule has 0 amide bonds. The quantitative estimate of drug-likeness (QED) is 0.647. The second-order valence-corrected chi connectivity index (χ2v) is 5.20. The van der Waals surface area contributed by atoms with Crippen LogP contribution in [0, 0.1) is 6.92 Å². The third-order valence-corrected chi connectivity index (χ3v) is 3.26. The Morgan fingerprint density at radius 1 is 1.06 bits per heavy atom. The van der Waals surface area contributed by atoms with Gasteiger partial charge in [-0.05, 0) is 43.9 Å². The van der Waals surface area contributed by atoms with Crippen molar-refractivity contribution in [1.29, 1.82) is 0 Å². The van der Waals surface area contributed by atoms with Gasteiger partial charge in [-0.1, -0.05) is 30.3 Å². The summed E-state index contributed by atoms with van der Waals surface area (Å²) in [5.41, 5.74) is 2.26. The number of hydrogen-bond acceptors (Lipinski definition) is 1. The van der Waals surface area contributed by atoms with Crippen LogP contribution >= 0.6 is 0 Å². The maximum absolute atomic E-state index is 6.10. The average Bonchev–Trinajstić information content (AvgIpc) is 2.30. The van der Waals surface area contributed by atoms with E-state index in [1.54, 1.807) is 0 Å². The molecule has 0 fully saturated rings. The Bertz CT molecular complexity index is 621. The number of ether oxygens (including phenoxy) is 1. The fourth-order valence-electron chi connectivity index (χ4n) is 2.38. The molecule has 1 heterocycles. The van der Waals surface area contributed by atoms with E-state index >= 15 is 0 Å². The van der Waals surface area contributed by atoms with Gasteiger partial charge in [0, 0.05) is 10.9 Å². The summed E-state index contributed by atoms with van der Waals surface area (Å²) in [6, 6.07) is 10.6. The maximum Gasteiger partial charge on any atom is 0.135 e. The smallest absolute Gasteiger partial charge is 0.135 e. The highest BCUT2D eigenvalue weighted by Gasteiger charge is 2.23. The van der Waals surface area contributed by atoms with Crippen molar-refractivity contribution in [3.8, 4) is 5.75 Å².